The van der Waals surface area contributed by atoms with Gasteiger partial charge >= 0.3 is 5.97 Å². The Kier molecular flexibility index (Phi) is 3.56. The maximum atomic E-state index is 11.3. The van der Waals surface area contributed by atoms with Crippen LogP contribution >= 0.6 is 0 Å². The van der Waals surface area contributed by atoms with Gasteiger partial charge in [-0.15, -0.1) is 0 Å². The van der Waals surface area contributed by atoms with Crippen LogP contribution < -0.4 is 4.74 Å². The number of ether oxygens (including phenoxy) is 1. The third kappa shape index (κ3) is 2.36. The zero-order chi connectivity index (χ0) is 15.0. The number of rotatable bonds is 4. The molecule has 0 radical (unpaired) electrons. The summed E-state index contributed by atoms with van der Waals surface area (Å²) in [4.78, 5) is 13.6. The molecule has 2 heterocycles. The van der Waals surface area contributed by atoms with Crippen LogP contribution in [0.15, 0.2) is 18.2 Å². The Morgan fingerprint density at radius 2 is 2.33 bits per heavy atom. The maximum Gasteiger partial charge on any atom is 0.308 e. The highest BCUT2D eigenvalue weighted by Gasteiger charge is 2.48. The molecule has 0 amide bonds. The lowest BCUT2D eigenvalue weighted by Crippen LogP contribution is -2.32. The summed E-state index contributed by atoms with van der Waals surface area (Å²) < 4.78 is 5.15. The van der Waals surface area contributed by atoms with E-state index in [1.54, 1.807) is 13.2 Å². The number of benzene rings is 1. The fourth-order valence-corrected chi connectivity index (χ4v) is 3.76. The molecule has 5 nitrogen and oxygen atoms in total. The summed E-state index contributed by atoms with van der Waals surface area (Å²) in [6.45, 7) is 0.706. The molecule has 0 aliphatic carbocycles. The molecule has 1 aromatic carbocycles. The van der Waals surface area contributed by atoms with E-state index in [2.05, 4.69) is 11.0 Å². The monoisotopic (exact) mass is 286 g/mol. The minimum atomic E-state index is -0.681. The van der Waals surface area contributed by atoms with Gasteiger partial charge in [0.15, 0.2) is 0 Å². The first-order valence-corrected chi connectivity index (χ1v) is 7.19. The lowest BCUT2D eigenvalue weighted by Gasteiger charge is -2.23. The Hall–Kier alpha value is -2.06. The summed E-state index contributed by atoms with van der Waals surface area (Å²) in [6.07, 6.45) is 2.79. The van der Waals surface area contributed by atoms with Crippen LogP contribution in [0.25, 0.3) is 0 Å². The van der Waals surface area contributed by atoms with Crippen LogP contribution in [0, 0.1) is 17.2 Å². The molecule has 0 spiro atoms. The van der Waals surface area contributed by atoms with E-state index in [-0.39, 0.29) is 12.0 Å². The molecule has 3 rings (SSSR count). The normalized spacial score (nSPS) is 27.5. The zero-order valence-corrected chi connectivity index (χ0v) is 12.0. The number of nitriles is 1. The van der Waals surface area contributed by atoms with Gasteiger partial charge in [-0.05, 0) is 37.0 Å². The third-order valence-electron chi connectivity index (χ3n) is 4.75. The Morgan fingerprint density at radius 3 is 2.95 bits per heavy atom. The fourth-order valence-electron chi connectivity index (χ4n) is 3.76. The average molecular weight is 286 g/mol. The number of methoxy groups -OCH3 is 1. The van der Waals surface area contributed by atoms with Crippen molar-refractivity contribution in [1.29, 1.82) is 5.26 Å². The topological polar surface area (TPSA) is 73.6 Å². The second-order valence-corrected chi connectivity index (χ2v) is 5.80. The number of carbonyl (C=O) groups is 1. The largest absolute Gasteiger partial charge is 0.495 e. The van der Waals surface area contributed by atoms with Gasteiger partial charge in [0, 0.05) is 18.6 Å². The van der Waals surface area contributed by atoms with E-state index >= 15 is 0 Å². The van der Waals surface area contributed by atoms with E-state index in [0.29, 0.717) is 23.9 Å². The van der Waals surface area contributed by atoms with Crippen LogP contribution in [0.1, 0.15) is 30.4 Å². The van der Waals surface area contributed by atoms with E-state index in [0.717, 1.165) is 24.8 Å². The van der Waals surface area contributed by atoms with Crippen molar-refractivity contribution in [1.82, 2.24) is 4.90 Å². The summed E-state index contributed by atoms with van der Waals surface area (Å²) in [5, 5.41) is 18.4. The summed E-state index contributed by atoms with van der Waals surface area (Å²) >= 11 is 0. The Morgan fingerprint density at radius 1 is 1.52 bits per heavy atom. The highest BCUT2D eigenvalue weighted by Crippen LogP contribution is 2.42. The minimum absolute atomic E-state index is 0.139. The van der Waals surface area contributed by atoms with E-state index in [1.165, 1.54) is 0 Å². The molecule has 0 aromatic heterocycles. The number of carboxylic acids is 1. The molecule has 2 aliphatic heterocycles. The number of carboxylic acid groups (broad SMARTS) is 1. The number of hydrogen-bond acceptors (Lipinski definition) is 4. The lowest BCUT2D eigenvalue weighted by atomic mass is 9.89. The molecule has 5 heteroatoms. The van der Waals surface area contributed by atoms with Gasteiger partial charge in [0.05, 0.1) is 18.6 Å². The molecular weight excluding hydrogens is 268 g/mol. The summed E-state index contributed by atoms with van der Waals surface area (Å²) in [6, 6.07) is 8.24. The van der Waals surface area contributed by atoms with Crippen LogP contribution in [-0.2, 0) is 11.3 Å². The number of hydrogen-bond donors (Lipinski definition) is 1. The SMILES string of the molecule is COc1ccc(CN2C3CCC2C(C(=O)O)C3)cc1C#N. The smallest absolute Gasteiger partial charge is 0.308 e. The van der Waals surface area contributed by atoms with Crippen LogP contribution in [-0.4, -0.2) is 35.2 Å². The molecule has 0 saturated carbocycles. The number of aliphatic carboxylic acids is 1. The lowest BCUT2D eigenvalue weighted by molar-refractivity contribution is -0.142. The predicted molar refractivity (Wildman–Crippen MR) is 75.8 cm³/mol. The fraction of sp³-hybridized carbons (Fsp3) is 0.500. The van der Waals surface area contributed by atoms with Gasteiger partial charge in [0.1, 0.15) is 11.8 Å². The molecule has 3 unspecified atom stereocenters. The van der Waals surface area contributed by atoms with Crippen LogP contribution in [0.5, 0.6) is 5.75 Å². The van der Waals surface area contributed by atoms with Gasteiger partial charge in [-0.3, -0.25) is 9.69 Å². The van der Waals surface area contributed by atoms with Crippen molar-refractivity contribution in [3.63, 3.8) is 0 Å². The van der Waals surface area contributed by atoms with Gasteiger partial charge in [-0.2, -0.15) is 5.26 Å². The van der Waals surface area contributed by atoms with Crippen LogP contribution in [0.4, 0.5) is 0 Å². The third-order valence-corrected chi connectivity index (χ3v) is 4.75. The average Bonchev–Trinajstić information content (AvgIpc) is 3.04. The van der Waals surface area contributed by atoms with Gasteiger partial charge in [0.25, 0.3) is 0 Å². The summed E-state index contributed by atoms with van der Waals surface area (Å²) in [5.41, 5.74) is 1.56. The van der Waals surface area contributed by atoms with Crippen molar-refractivity contribution in [2.45, 2.75) is 37.9 Å². The van der Waals surface area contributed by atoms with Crippen molar-refractivity contribution in [3.8, 4) is 11.8 Å². The molecular formula is C16H18N2O3. The van der Waals surface area contributed by atoms with Gasteiger partial charge in [-0.25, -0.2) is 0 Å². The highest BCUT2D eigenvalue weighted by molar-refractivity contribution is 5.71. The Labute approximate surface area is 123 Å². The van der Waals surface area contributed by atoms with Gasteiger partial charge in [-0.1, -0.05) is 6.07 Å². The first-order chi connectivity index (χ1) is 10.1. The zero-order valence-electron chi connectivity index (χ0n) is 12.0. The second kappa shape index (κ2) is 5.38. The van der Waals surface area contributed by atoms with Crippen LogP contribution in [0.2, 0.25) is 0 Å². The predicted octanol–water partition coefficient (Wildman–Crippen LogP) is 2.00. The summed E-state index contributed by atoms with van der Waals surface area (Å²) in [5.74, 6) is -0.342. The Bertz CT molecular complexity index is 608. The molecule has 2 saturated heterocycles. The van der Waals surface area contributed by atoms with Crippen molar-refractivity contribution in [3.05, 3.63) is 29.3 Å². The quantitative estimate of drug-likeness (QED) is 0.916. The van der Waals surface area contributed by atoms with Gasteiger partial charge in [0.2, 0.25) is 0 Å². The Balaban J connectivity index is 1.79. The van der Waals surface area contributed by atoms with E-state index < -0.39 is 5.97 Å². The van der Waals surface area contributed by atoms with E-state index in [4.69, 9.17) is 10.00 Å². The maximum absolute atomic E-state index is 11.3. The van der Waals surface area contributed by atoms with Crippen molar-refractivity contribution >= 4 is 5.97 Å². The number of nitrogens with zero attached hydrogens (tertiary/aromatic N) is 2. The molecule has 3 atom stereocenters. The molecule has 1 N–H and O–H groups in total. The van der Waals surface area contributed by atoms with Crippen molar-refractivity contribution in [2.75, 3.05) is 7.11 Å². The second-order valence-electron chi connectivity index (χ2n) is 5.80. The van der Waals surface area contributed by atoms with E-state index in [1.807, 2.05) is 12.1 Å². The van der Waals surface area contributed by atoms with Crippen molar-refractivity contribution < 1.29 is 14.6 Å². The van der Waals surface area contributed by atoms with Gasteiger partial charge < -0.3 is 9.84 Å². The molecule has 2 bridgehead atoms. The minimum Gasteiger partial charge on any atom is -0.495 e. The molecule has 21 heavy (non-hydrogen) atoms. The first-order valence-electron chi connectivity index (χ1n) is 7.19. The van der Waals surface area contributed by atoms with Crippen LogP contribution in [0.3, 0.4) is 0 Å². The molecule has 2 aliphatic rings. The molecule has 110 valence electrons. The first kappa shape index (κ1) is 13.9. The molecule has 1 aromatic rings. The van der Waals surface area contributed by atoms with Crippen molar-refractivity contribution in [2.24, 2.45) is 5.92 Å². The number of fused-ring (bicyclic) bond motifs is 2. The van der Waals surface area contributed by atoms with E-state index in [9.17, 15) is 9.90 Å². The summed E-state index contributed by atoms with van der Waals surface area (Å²) in [7, 11) is 1.55. The molecule has 2 fully saturated rings. The standard InChI is InChI=1S/C16H18N2O3/c1-21-15-5-2-10(6-11(15)8-17)9-18-12-3-4-14(18)13(7-12)16(19)20/h2,5-6,12-14H,3-4,7,9H2,1H3,(H,19,20). The highest BCUT2D eigenvalue weighted by atomic mass is 16.5.